The number of nitrogens with one attached hydrogen (secondary N) is 2. The summed E-state index contributed by atoms with van der Waals surface area (Å²) in [5.74, 6) is -0.460. The molecular formula is C29H27ClN4O3. The number of ether oxygens (including phenoxy) is 1. The molecule has 0 aliphatic carbocycles. The van der Waals surface area contributed by atoms with E-state index in [2.05, 4.69) is 10.3 Å². The van der Waals surface area contributed by atoms with Crippen LogP contribution in [0.1, 0.15) is 33.9 Å². The molecular weight excluding hydrogens is 488 g/mol. The summed E-state index contributed by atoms with van der Waals surface area (Å²) in [6.07, 6.45) is 5.79. The van der Waals surface area contributed by atoms with Gasteiger partial charge in [-0.25, -0.2) is 4.79 Å². The first-order chi connectivity index (χ1) is 17.9. The summed E-state index contributed by atoms with van der Waals surface area (Å²) >= 11 is 6.04. The van der Waals surface area contributed by atoms with Crippen LogP contribution < -0.4 is 10.9 Å². The van der Waals surface area contributed by atoms with Gasteiger partial charge in [0.2, 0.25) is 0 Å². The van der Waals surface area contributed by atoms with Crippen molar-refractivity contribution in [2.75, 3.05) is 13.7 Å². The second-order valence-corrected chi connectivity index (χ2v) is 9.05. The number of rotatable bonds is 10. The molecule has 2 N–H and O–H groups in total. The van der Waals surface area contributed by atoms with Crippen LogP contribution in [0.3, 0.4) is 0 Å². The topological polar surface area (TPSA) is 97.1 Å². The van der Waals surface area contributed by atoms with E-state index in [0.717, 1.165) is 16.7 Å². The Hall–Kier alpha value is -4.07. The van der Waals surface area contributed by atoms with Gasteiger partial charge in [-0.05, 0) is 52.4 Å². The molecule has 2 heterocycles. The molecule has 0 spiro atoms. The molecule has 2 aromatic heterocycles. The molecule has 1 unspecified atom stereocenters. The van der Waals surface area contributed by atoms with Gasteiger partial charge in [0.25, 0.3) is 5.56 Å². The summed E-state index contributed by atoms with van der Waals surface area (Å²) in [6.45, 7) is 0.657. The third kappa shape index (κ3) is 7.00. The zero-order valence-electron chi connectivity index (χ0n) is 20.4. The zero-order valence-corrected chi connectivity index (χ0v) is 21.1. The van der Waals surface area contributed by atoms with Gasteiger partial charge in [-0.15, -0.1) is 0 Å². The van der Waals surface area contributed by atoms with E-state index in [1.807, 2.05) is 36.4 Å². The number of hydrogen-bond acceptors (Lipinski definition) is 6. The third-order valence-corrected chi connectivity index (χ3v) is 6.16. The maximum atomic E-state index is 12.6. The van der Waals surface area contributed by atoms with Crippen LogP contribution in [0.2, 0.25) is 5.02 Å². The van der Waals surface area contributed by atoms with E-state index < -0.39 is 12.0 Å². The quantitative estimate of drug-likeness (QED) is 0.241. The molecule has 0 aliphatic rings. The first-order valence-corrected chi connectivity index (χ1v) is 12.1. The van der Waals surface area contributed by atoms with Crippen LogP contribution in [-0.2, 0) is 22.5 Å². The van der Waals surface area contributed by atoms with E-state index in [4.69, 9.17) is 21.7 Å². The summed E-state index contributed by atoms with van der Waals surface area (Å²) in [5, 5.41) is 12.0. The van der Waals surface area contributed by atoms with E-state index >= 15 is 0 Å². The number of pyridine rings is 2. The zero-order chi connectivity index (χ0) is 26.2. The summed E-state index contributed by atoms with van der Waals surface area (Å²) in [6, 6.07) is 21.4. The Labute approximate surface area is 220 Å². The Balaban J connectivity index is 1.45. The normalized spacial score (nSPS) is 11.6. The lowest BCUT2D eigenvalue weighted by molar-refractivity contribution is -0.143. The molecule has 0 saturated carbocycles. The van der Waals surface area contributed by atoms with Crippen molar-refractivity contribution in [1.29, 1.82) is 5.41 Å². The molecule has 0 amide bonds. The molecule has 4 rings (SSSR count). The van der Waals surface area contributed by atoms with Crippen LogP contribution in [-0.4, -0.2) is 34.9 Å². The maximum absolute atomic E-state index is 12.6. The Morgan fingerprint density at radius 3 is 2.54 bits per heavy atom. The molecule has 0 saturated heterocycles. The van der Waals surface area contributed by atoms with Crippen molar-refractivity contribution in [3.63, 3.8) is 0 Å². The van der Waals surface area contributed by atoms with Gasteiger partial charge >= 0.3 is 5.97 Å². The maximum Gasteiger partial charge on any atom is 0.327 e. The molecule has 0 aliphatic heterocycles. The van der Waals surface area contributed by atoms with E-state index in [-0.39, 0.29) is 12.1 Å². The first-order valence-electron chi connectivity index (χ1n) is 11.7. The minimum Gasteiger partial charge on any atom is -0.468 e. The van der Waals surface area contributed by atoms with E-state index in [0.29, 0.717) is 34.8 Å². The fourth-order valence-electron chi connectivity index (χ4n) is 3.99. The van der Waals surface area contributed by atoms with Crippen molar-refractivity contribution >= 4 is 23.3 Å². The predicted octanol–water partition coefficient (Wildman–Crippen LogP) is 4.41. The van der Waals surface area contributed by atoms with E-state index in [1.54, 1.807) is 59.6 Å². The molecule has 0 fully saturated rings. The van der Waals surface area contributed by atoms with E-state index in [1.165, 1.54) is 7.11 Å². The summed E-state index contributed by atoms with van der Waals surface area (Å²) in [5.41, 5.74) is 4.64. The Morgan fingerprint density at radius 1 is 1.03 bits per heavy atom. The predicted molar refractivity (Wildman–Crippen MR) is 144 cm³/mol. The number of aromatic nitrogens is 2. The van der Waals surface area contributed by atoms with Crippen LogP contribution in [0.5, 0.6) is 0 Å². The summed E-state index contributed by atoms with van der Waals surface area (Å²) in [4.78, 5) is 28.9. The summed E-state index contributed by atoms with van der Waals surface area (Å²) < 4.78 is 6.67. The van der Waals surface area contributed by atoms with Gasteiger partial charge in [0.1, 0.15) is 6.04 Å². The minimum atomic E-state index is -0.774. The van der Waals surface area contributed by atoms with Crippen molar-refractivity contribution in [2.45, 2.75) is 19.0 Å². The standard InChI is InChI=1S/C29H27ClN4O3/c1-37-29(36)28(33-18-26(31)23-5-4-6-25(30)15-23)24-14-22(16-32-17-24)13-20-8-10-21(11-9-20)19-34-12-3-2-7-27(34)35/h2-12,14-17,28,31,33H,13,18-19H2,1H3. The van der Waals surface area contributed by atoms with Gasteiger partial charge in [-0.2, -0.15) is 0 Å². The Bertz CT molecular complexity index is 1450. The lowest BCUT2D eigenvalue weighted by atomic mass is 10.0. The van der Waals surface area contributed by atoms with E-state index in [9.17, 15) is 9.59 Å². The number of halogens is 1. The molecule has 8 heteroatoms. The SMILES string of the molecule is COC(=O)C(NCC(=N)c1cccc(Cl)c1)c1cncc(Cc2ccc(Cn3ccccc3=O)cc2)c1. The van der Waals surface area contributed by atoms with Gasteiger partial charge < -0.3 is 14.7 Å². The van der Waals surface area contributed by atoms with Crippen LogP contribution in [0.15, 0.2) is 96.2 Å². The largest absolute Gasteiger partial charge is 0.468 e. The molecule has 1 atom stereocenters. The number of carbonyl (C=O) groups is 1. The highest BCUT2D eigenvalue weighted by Crippen LogP contribution is 2.18. The highest BCUT2D eigenvalue weighted by Gasteiger charge is 2.22. The third-order valence-electron chi connectivity index (χ3n) is 5.93. The lowest BCUT2D eigenvalue weighted by Gasteiger charge is -2.18. The van der Waals surface area contributed by atoms with Crippen molar-refractivity contribution in [2.24, 2.45) is 0 Å². The highest BCUT2D eigenvalue weighted by atomic mass is 35.5. The fraction of sp³-hybridized carbons (Fsp3) is 0.172. The number of methoxy groups -OCH3 is 1. The smallest absolute Gasteiger partial charge is 0.327 e. The number of benzene rings is 2. The van der Waals surface area contributed by atoms with Crippen LogP contribution in [0, 0.1) is 5.41 Å². The Morgan fingerprint density at radius 2 is 1.81 bits per heavy atom. The van der Waals surface area contributed by atoms with Crippen LogP contribution >= 0.6 is 11.6 Å². The molecule has 7 nitrogen and oxygen atoms in total. The fourth-order valence-corrected chi connectivity index (χ4v) is 4.18. The van der Waals surface area contributed by atoms with Crippen LogP contribution in [0.4, 0.5) is 0 Å². The van der Waals surface area contributed by atoms with Gasteiger partial charge in [-0.3, -0.25) is 15.1 Å². The minimum absolute atomic E-state index is 0.0362. The first kappa shape index (κ1) is 26.0. The monoisotopic (exact) mass is 514 g/mol. The van der Waals surface area contributed by atoms with Crippen molar-refractivity contribution in [3.8, 4) is 0 Å². The second-order valence-electron chi connectivity index (χ2n) is 8.61. The molecule has 0 radical (unpaired) electrons. The molecule has 2 aromatic carbocycles. The molecule has 37 heavy (non-hydrogen) atoms. The summed E-state index contributed by atoms with van der Waals surface area (Å²) in [7, 11) is 1.33. The van der Waals surface area contributed by atoms with Crippen molar-refractivity contribution < 1.29 is 9.53 Å². The average Bonchev–Trinajstić information content (AvgIpc) is 2.91. The number of carbonyl (C=O) groups excluding carboxylic acids is 1. The van der Waals surface area contributed by atoms with Gasteiger partial charge in [0.15, 0.2) is 0 Å². The highest BCUT2D eigenvalue weighted by molar-refractivity contribution is 6.31. The number of hydrogen-bond donors (Lipinski definition) is 2. The second kappa shape index (κ2) is 12.3. The van der Waals surface area contributed by atoms with Gasteiger partial charge in [-0.1, -0.05) is 60.1 Å². The van der Waals surface area contributed by atoms with Crippen molar-refractivity contribution in [1.82, 2.24) is 14.9 Å². The molecule has 4 aromatic rings. The number of nitrogens with zero attached hydrogens (tertiary/aromatic N) is 2. The molecule has 0 bridgehead atoms. The van der Waals surface area contributed by atoms with Crippen molar-refractivity contribution in [3.05, 3.63) is 135 Å². The Kier molecular flexibility index (Phi) is 8.61. The van der Waals surface area contributed by atoms with Gasteiger partial charge in [0, 0.05) is 36.2 Å². The lowest BCUT2D eigenvalue weighted by Crippen LogP contribution is -2.33. The van der Waals surface area contributed by atoms with Crippen LogP contribution in [0.25, 0.3) is 0 Å². The average molecular weight is 515 g/mol. The molecule has 188 valence electrons. The number of esters is 1. The van der Waals surface area contributed by atoms with Gasteiger partial charge in [0.05, 0.1) is 19.4 Å².